The van der Waals surface area contributed by atoms with Crippen LogP contribution in [-0.2, 0) is 0 Å². The van der Waals surface area contributed by atoms with Gasteiger partial charge in [0.25, 0.3) is 0 Å². The molecule has 0 amide bonds. The summed E-state index contributed by atoms with van der Waals surface area (Å²) in [5.41, 5.74) is 1.30. The Labute approximate surface area is 86.9 Å². The van der Waals surface area contributed by atoms with E-state index in [1.807, 2.05) is 7.05 Å². The zero-order valence-electron chi connectivity index (χ0n) is 9.33. The van der Waals surface area contributed by atoms with Gasteiger partial charge in [0.2, 0.25) is 0 Å². The molecule has 0 aliphatic rings. The van der Waals surface area contributed by atoms with Crippen LogP contribution in [0.1, 0.15) is 13.8 Å². The molecular weight excluding hydrogens is 172 g/mol. The van der Waals surface area contributed by atoms with E-state index in [1.54, 1.807) is 0 Å². The molecule has 2 nitrogen and oxygen atoms in total. The van der Waals surface area contributed by atoms with E-state index in [0.29, 0.717) is 6.04 Å². The van der Waals surface area contributed by atoms with Crippen molar-refractivity contribution in [3.05, 3.63) is 30.3 Å². The summed E-state index contributed by atoms with van der Waals surface area (Å²) in [6, 6.07) is 11.1. The lowest BCUT2D eigenvalue weighted by Crippen LogP contribution is -2.39. The largest absolute Gasteiger partial charge is 0.368 e. The van der Waals surface area contributed by atoms with E-state index in [4.69, 9.17) is 0 Å². The van der Waals surface area contributed by atoms with E-state index < -0.39 is 0 Å². The normalized spacial score (nSPS) is 12.5. The molecule has 0 fully saturated rings. The van der Waals surface area contributed by atoms with Crippen molar-refractivity contribution in [1.29, 1.82) is 0 Å². The number of benzene rings is 1. The van der Waals surface area contributed by atoms with Crippen molar-refractivity contribution < 1.29 is 0 Å². The predicted octanol–water partition coefficient (Wildman–Crippen LogP) is 2.12. The van der Waals surface area contributed by atoms with E-state index in [1.165, 1.54) is 5.69 Å². The summed E-state index contributed by atoms with van der Waals surface area (Å²) < 4.78 is 0. The Morgan fingerprint density at radius 3 is 2.43 bits per heavy atom. The molecule has 1 N–H and O–H groups in total. The number of nitrogens with zero attached hydrogens (tertiary/aromatic N) is 1. The van der Waals surface area contributed by atoms with E-state index >= 15 is 0 Å². The fourth-order valence-electron chi connectivity index (χ4n) is 1.77. The Morgan fingerprint density at radius 1 is 1.29 bits per heavy atom. The average molecular weight is 192 g/mol. The summed E-state index contributed by atoms with van der Waals surface area (Å²) in [5, 5.41) is 3.21. The van der Waals surface area contributed by atoms with Crippen LogP contribution in [0.2, 0.25) is 0 Å². The van der Waals surface area contributed by atoms with Crippen LogP contribution in [0, 0.1) is 0 Å². The Bertz CT molecular complexity index is 246. The smallest absolute Gasteiger partial charge is 0.0386 e. The van der Waals surface area contributed by atoms with Crippen molar-refractivity contribution in [2.75, 3.05) is 25.0 Å². The minimum absolute atomic E-state index is 0.535. The molecule has 0 heterocycles. The number of anilines is 1. The molecule has 78 valence electrons. The monoisotopic (exact) mass is 192 g/mol. The lowest BCUT2D eigenvalue weighted by molar-refractivity contribution is 0.605. The maximum atomic E-state index is 3.21. The zero-order valence-corrected chi connectivity index (χ0v) is 9.33. The molecule has 1 rings (SSSR count). The van der Waals surface area contributed by atoms with Crippen molar-refractivity contribution >= 4 is 5.69 Å². The molecule has 0 saturated carbocycles. The molecule has 0 saturated heterocycles. The van der Waals surface area contributed by atoms with Crippen LogP contribution in [0.3, 0.4) is 0 Å². The lowest BCUT2D eigenvalue weighted by atomic mass is 10.2. The van der Waals surface area contributed by atoms with Gasteiger partial charge in [-0.15, -0.1) is 0 Å². The highest BCUT2D eigenvalue weighted by molar-refractivity contribution is 5.46. The van der Waals surface area contributed by atoms with Gasteiger partial charge in [-0.2, -0.15) is 0 Å². The molecule has 1 atom stereocenters. The molecule has 0 aliphatic carbocycles. The standard InChI is InChI=1S/C12H20N2/c1-4-14(11(2)10-13-3)12-8-6-5-7-9-12/h5-9,11,13H,4,10H2,1-3H3. The second kappa shape index (κ2) is 5.66. The first-order valence-electron chi connectivity index (χ1n) is 5.25. The predicted molar refractivity (Wildman–Crippen MR) is 62.9 cm³/mol. The highest BCUT2D eigenvalue weighted by Crippen LogP contribution is 2.15. The van der Waals surface area contributed by atoms with Crippen LogP contribution in [0.25, 0.3) is 0 Å². The number of rotatable bonds is 5. The fraction of sp³-hybridized carbons (Fsp3) is 0.500. The topological polar surface area (TPSA) is 15.3 Å². The van der Waals surface area contributed by atoms with Crippen LogP contribution in [-0.4, -0.2) is 26.2 Å². The van der Waals surface area contributed by atoms with Crippen LogP contribution >= 0.6 is 0 Å². The van der Waals surface area contributed by atoms with Crippen LogP contribution in [0.5, 0.6) is 0 Å². The van der Waals surface area contributed by atoms with Gasteiger partial charge in [-0.25, -0.2) is 0 Å². The van der Waals surface area contributed by atoms with Gasteiger partial charge in [0.05, 0.1) is 0 Å². The van der Waals surface area contributed by atoms with Crippen molar-refractivity contribution in [1.82, 2.24) is 5.32 Å². The van der Waals surface area contributed by atoms with Crippen LogP contribution < -0.4 is 10.2 Å². The minimum Gasteiger partial charge on any atom is -0.368 e. The number of likely N-dealkylation sites (N-methyl/N-ethyl adjacent to an activating group) is 2. The van der Waals surface area contributed by atoms with E-state index in [0.717, 1.165) is 13.1 Å². The highest BCUT2D eigenvalue weighted by atomic mass is 15.2. The maximum absolute atomic E-state index is 3.21. The molecular formula is C12H20N2. The zero-order chi connectivity index (χ0) is 10.4. The van der Waals surface area contributed by atoms with Crippen molar-refractivity contribution in [2.45, 2.75) is 19.9 Å². The summed E-state index contributed by atoms with van der Waals surface area (Å²) in [4.78, 5) is 2.40. The molecule has 1 unspecified atom stereocenters. The molecule has 1 aromatic carbocycles. The molecule has 0 aliphatic heterocycles. The van der Waals surface area contributed by atoms with Gasteiger partial charge in [-0.1, -0.05) is 18.2 Å². The Balaban J connectivity index is 2.71. The molecule has 0 radical (unpaired) electrons. The lowest BCUT2D eigenvalue weighted by Gasteiger charge is -2.30. The second-order valence-electron chi connectivity index (χ2n) is 3.53. The number of para-hydroxylation sites is 1. The summed E-state index contributed by atoms with van der Waals surface area (Å²) in [6.45, 7) is 6.50. The maximum Gasteiger partial charge on any atom is 0.0386 e. The summed E-state index contributed by atoms with van der Waals surface area (Å²) >= 11 is 0. The summed E-state index contributed by atoms with van der Waals surface area (Å²) in [5.74, 6) is 0. The Kier molecular flexibility index (Phi) is 4.47. The van der Waals surface area contributed by atoms with Gasteiger partial charge in [0.15, 0.2) is 0 Å². The third-order valence-electron chi connectivity index (χ3n) is 2.46. The molecule has 0 aromatic heterocycles. The van der Waals surface area contributed by atoms with E-state index in [9.17, 15) is 0 Å². The third-order valence-corrected chi connectivity index (χ3v) is 2.46. The fourth-order valence-corrected chi connectivity index (χ4v) is 1.77. The van der Waals surface area contributed by atoms with Gasteiger partial charge in [0, 0.05) is 24.8 Å². The molecule has 2 heteroatoms. The van der Waals surface area contributed by atoms with Gasteiger partial charge >= 0.3 is 0 Å². The quantitative estimate of drug-likeness (QED) is 0.768. The third kappa shape index (κ3) is 2.74. The first kappa shape index (κ1) is 11.1. The van der Waals surface area contributed by atoms with Crippen molar-refractivity contribution in [3.8, 4) is 0 Å². The number of hydrogen-bond acceptors (Lipinski definition) is 2. The van der Waals surface area contributed by atoms with Gasteiger partial charge in [-0.05, 0) is 33.0 Å². The minimum atomic E-state index is 0.535. The Morgan fingerprint density at radius 2 is 1.93 bits per heavy atom. The summed E-state index contributed by atoms with van der Waals surface area (Å²) in [6.07, 6.45) is 0. The second-order valence-corrected chi connectivity index (χ2v) is 3.53. The first-order valence-corrected chi connectivity index (χ1v) is 5.25. The van der Waals surface area contributed by atoms with Crippen molar-refractivity contribution in [3.63, 3.8) is 0 Å². The van der Waals surface area contributed by atoms with E-state index in [2.05, 4.69) is 54.4 Å². The van der Waals surface area contributed by atoms with Crippen LogP contribution in [0.4, 0.5) is 5.69 Å². The molecule has 0 spiro atoms. The molecule has 14 heavy (non-hydrogen) atoms. The number of hydrogen-bond donors (Lipinski definition) is 1. The SMILES string of the molecule is CCN(c1ccccc1)C(C)CNC. The molecule has 1 aromatic rings. The van der Waals surface area contributed by atoms with Gasteiger partial charge < -0.3 is 10.2 Å². The number of nitrogens with one attached hydrogen (secondary N) is 1. The van der Waals surface area contributed by atoms with E-state index in [-0.39, 0.29) is 0 Å². The van der Waals surface area contributed by atoms with Crippen molar-refractivity contribution in [2.24, 2.45) is 0 Å². The van der Waals surface area contributed by atoms with Gasteiger partial charge in [0.1, 0.15) is 0 Å². The first-order chi connectivity index (χ1) is 6.79. The van der Waals surface area contributed by atoms with Crippen LogP contribution in [0.15, 0.2) is 30.3 Å². The average Bonchev–Trinajstić information content (AvgIpc) is 2.21. The molecule has 0 bridgehead atoms. The Hall–Kier alpha value is -1.02. The van der Waals surface area contributed by atoms with Gasteiger partial charge in [-0.3, -0.25) is 0 Å². The highest BCUT2D eigenvalue weighted by Gasteiger charge is 2.10. The summed E-state index contributed by atoms with van der Waals surface area (Å²) in [7, 11) is 2.00.